The van der Waals surface area contributed by atoms with E-state index in [0.29, 0.717) is 11.0 Å². The Morgan fingerprint density at radius 1 is 1.09 bits per heavy atom. The van der Waals surface area contributed by atoms with E-state index in [1.54, 1.807) is 30.3 Å². The topological polar surface area (TPSA) is 60.7 Å². The molecule has 2 heterocycles. The lowest BCUT2D eigenvalue weighted by molar-refractivity contribution is -0.173. The van der Waals surface area contributed by atoms with Gasteiger partial charge in [0.25, 0.3) is 5.78 Å². The molecule has 0 amide bonds. The number of rotatable bonds is 3. The number of alkyl halides is 3. The molecule has 0 radical (unpaired) electrons. The summed E-state index contributed by atoms with van der Waals surface area (Å²) in [4.78, 5) is 15.7. The zero-order valence-electron chi connectivity index (χ0n) is 11.0. The van der Waals surface area contributed by atoms with Gasteiger partial charge in [0, 0.05) is 6.20 Å². The average molecular weight is 306 g/mol. The predicted molar refractivity (Wildman–Crippen MR) is 71.0 cm³/mol. The first kappa shape index (κ1) is 14.2. The fraction of sp³-hybridized carbons (Fsp3) is 0.143. The Morgan fingerprint density at radius 3 is 2.50 bits per heavy atom. The van der Waals surface area contributed by atoms with Crippen LogP contribution in [0.4, 0.5) is 13.2 Å². The molecule has 0 aliphatic rings. The van der Waals surface area contributed by atoms with Crippen LogP contribution in [0.15, 0.2) is 48.7 Å². The molecule has 1 aromatic carbocycles. The quantitative estimate of drug-likeness (QED) is 0.746. The number of para-hydroxylation sites is 1. The molecule has 112 valence electrons. The summed E-state index contributed by atoms with van der Waals surface area (Å²) in [6.45, 7) is 0. The number of pyridine rings is 1. The summed E-state index contributed by atoms with van der Waals surface area (Å²) in [5.74, 6) is -1.94. The predicted octanol–water partition coefficient (Wildman–Crippen LogP) is 2.55. The molecule has 5 nitrogen and oxygen atoms in total. The number of aromatic nitrogens is 4. The number of fused-ring (bicyclic) bond motifs is 1. The normalized spacial score (nSPS) is 13.2. The van der Waals surface area contributed by atoms with Crippen molar-refractivity contribution in [2.24, 2.45) is 0 Å². The molecule has 0 N–H and O–H groups in total. The Balaban J connectivity index is 2.20. The number of halogens is 3. The lowest BCUT2D eigenvalue weighted by Gasteiger charge is -2.17. The van der Waals surface area contributed by atoms with Crippen molar-refractivity contribution >= 4 is 16.8 Å². The van der Waals surface area contributed by atoms with E-state index < -0.39 is 18.0 Å². The molecule has 0 aliphatic carbocycles. The summed E-state index contributed by atoms with van der Waals surface area (Å²) in [6, 6.07) is 9.19. The third-order valence-corrected chi connectivity index (χ3v) is 3.12. The van der Waals surface area contributed by atoms with Crippen LogP contribution in [0.2, 0.25) is 0 Å². The van der Waals surface area contributed by atoms with Crippen LogP contribution in [-0.2, 0) is 4.79 Å². The SMILES string of the molecule is O=C(C(c1ccccn1)n1nnc2ccccc21)C(F)(F)F. The highest BCUT2D eigenvalue weighted by molar-refractivity contribution is 5.91. The number of carbonyl (C=O) groups excluding carboxylic acids is 1. The molecule has 3 aromatic rings. The van der Waals surface area contributed by atoms with Crippen molar-refractivity contribution < 1.29 is 18.0 Å². The molecule has 0 fully saturated rings. The van der Waals surface area contributed by atoms with E-state index in [0.717, 1.165) is 4.68 Å². The number of carbonyl (C=O) groups is 1. The van der Waals surface area contributed by atoms with Crippen molar-refractivity contribution in [1.29, 1.82) is 0 Å². The highest BCUT2D eigenvalue weighted by atomic mass is 19.4. The maximum atomic E-state index is 12.9. The third-order valence-electron chi connectivity index (χ3n) is 3.12. The molecule has 0 saturated carbocycles. The minimum Gasteiger partial charge on any atom is -0.287 e. The molecule has 0 bridgehead atoms. The van der Waals surface area contributed by atoms with Crippen LogP contribution in [0.3, 0.4) is 0 Å². The van der Waals surface area contributed by atoms with Gasteiger partial charge in [0.05, 0.1) is 11.2 Å². The van der Waals surface area contributed by atoms with E-state index in [-0.39, 0.29) is 5.69 Å². The molecule has 3 rings (SSSR count). The second-order valence-corrected chi connectivity index (χ2v) is 4.54. The van der Waals surface area contributed by atoms with E-state index >= 15 is 0 Å². The fourth-order valence-electron chi connectivity index (χ4n) is 2.14. The third kappa shape index (κ3) is 2.43. The lowest BCUT2D eigenvalue weighted by atomic mass is 10.1. The highest BCUT2D eigenvalue weighted by Gasteiger charge is 2.46. The van der Waals surface area contributed by atoms with Crippen molar-refractivity contribution in [3.8, 4) is 0 Å². The first-order valence-electron chi connectivity index (χ1n) is 6.30. The van der Waals surface area contributed by atoms with Crippen LogP contribution >= 0.6 is 0 Å². The maximum absolute atomic E-state index is 12.9. The molecule has 8 heteroatoms. The Hall–Kier alpha value is -2.77. The molecular formula is C14H9F3N4O. The number of hydrogen-bond acceptors (Lipinski definition) is 4. The zero-order valence-corrected chi connectivity index (χ0v) is 11.0. The van der Waals surface area contributed by atoms with Gasteiger partial charge < -0.3 is 0 Å². The van der Waals surface area contributed by atoms with E-state index in [1.807, 2.05) is 0 Å². The molecule has 0 saturated heterocycles. The van der Waals surface area contributed by atoms with Gasteiger partial charge in [0.1, 0.15) is 5.52 Å². The van der Waals surface area contributed by atoms with Gasteiger partial charge in [-0.1, -0.05) is 23.4 Å². The van der Waals surface area contributed by atoms with Crippen molar-refractivity contribution in [2.75, 3.05) is 0 Å². The van der Waals surface area contributed by atoms with Gasteiger partial charge in [-0.15, -0.1) is 5.10 Å². The number of benzene rings is 1. The Kier molecular flexibility index (Phi) is 3.36. The van der Waals surface area contributed by atoms with Gasteiger partial charge in [0.2, 0.25) is 0 Å². The monoisotopic (exact) mass is 306 g/mol. The van der Waals surface area contributed by atoms with Gasteiger partial charge in [-0.25, -0.2) is 4.68 Å². The standard InChI is InChI=1S/C14H9F3N4O/c15-14(16,17)13(22)12(10-6-3-4-8-18-10)21-11-7-2-1-5-9(11)19-20-21/h1-8,12H. The summed E-state index contributed by atoms with van der Waals surface area (Å²) in [7, 11) is 0. The van der Waals surface area contributed by atoms with Gasteiger partial charge in [0.15, 0.2) is 6.04 Å². The summed E-state index contributed by atoms with van der Waals surface area (Å²) in [5.41, 5.74) is 0.689. The summed E-state index contributed by atoms with van der Waals surface area (Å²) < 4.78 is 39.8. The van der Waals surface area contributed by atoms with Gasteiger partial charge in [-0.05, 0) is 24.3 Å². The average Bonchev–Trinajstić information content (AvgIpc) is 2.92. The summed E-state index contributed by atoms with van der Waals surface area (Å²) >= 11 is 0. The van der Waals surface area contributed by atoms with Crippen LogP contribution in [0.25, 0.3) is 11.0 Å². The Morgan fingerprint density at radius 2 is 1.82 bits per heavy atom. The second kappa shape index (κ2) is 5.21. The zero-order chi connectivity index (χ0) is 15.7. The summed E-state index contributed by atoms with van der Waals surface area (Å²) in [6.07, 6.45) is -3.68. The van der Waals surface area contributed by atoms with Crippen LogP contribution in [0.1, 0.15) is 11.7 Å². The lowest BCUT2D eigenvalue weighted by Crippen LogP contribution is -2.34. The molecule has 0 aliphatic heterocycles. The van der Waals surface area contributed by atoms with E-state index in [9.17, 15) is 18.0 Å². The van der Waals surface area contributed by atoms with Crippen LogP contribution in [-0.4, -0.2) is 31.9 Å². The Bertz CT molecular complexity index is 814. The van der Waals surface area contributed by atoms with Crippen LogP contribution in [0.5, 0.6) is 0 Å². The molecular weight excluding hydrogens is 297 g/mol. The van der Waals surface area contributed by atoms with E-state index in [1.165, 1.54) is 18.3 Å². The van der Waals surface area contributed by atoms with Gasteiger partial charge in [-0.2, -0.15) is 13.2 Å². The number of ketones is 1. The van der Waals surface area contributed by atoms with Gasteiger partial charge >= 0.3 is 6.18 Å². The molecule has 22 heavy (non-hydrogen) atoms. The van der Waals surface area contributed by atoms with Crippen molar-refractivity contribution in [2.45, 2.75) is 12.2 Å². The van der Waals surface area contributed by atoms with Crippen molar-refractivity contribution in [1.82, 2.24) is 20.0 Å². The minimum atomic E-state index is -5.00. The first-order chi connectivity index (χ1) is 10.5. The number of Topliss-reactive ketones (excluding diaryl/α,β-unsaturated/α-hetero) is 1. The van der Waals surface area contributed by atoms with Gasteiger partial charge in [-0.3, -0.25) is 9.78 Å². The Labute approximate surface area is 122 Å². The fourth-order valence-corrected chi connectivity index (χ4v) is 2.14. The first-order valence-corrected chi connectivity index (χ1v) is 6.30. The van der Waals surface area contributed by atoms with E-state index in [4.69, 9.17) is 0 Å². The number of nitrogens with zero attached hydrogens (tertiary/aromatic N) is 4. The molecule has 1 atom stereocenters. The summed E-state index contributed by atoms with van der Waals surface area (Å²) in [5, 5.41) is 7.51. The maximum Gasteiger partial charge on any atom is 0.452 e. The second-order valence-electron chi connectivity index (χ2n) is 4.54. The van der Waals surface area contributed by atoms with Crippen LogP contribution in [0, 0.1) is 0 Å². The van der Waals surface area contributed by atoms with Crippen molar-refractivity contribution in [3.05, 3.63) is 54.4 Å². The van der Waals surface area contributed by atoms with Crippen molar-refractivity contribution in [3.63, 3.8) is 0 Å². The highest BCUT2D eigenvalue weighted by Crippen LogP contribution is 2.29. The van der Waals surface area contributed by atoms with Crippen LogP contribution < -0.4 is 0 Å². The molecule has 2 aromatic heterocycles. The largest absolute Gasteiger partial charge is 0.452 e. The minimum absolute atomic E-state index is 0.0412. The molecule has 1 unspecified atom stereocenters. The number of hydrogen-bond donors (Lipinski definition) is 0. The van der Waals surface area contributed by atoms with E-state index in [2.05, 4.69) is 15.3 Å². The molecule has 0 spiro atoms. The smallest absolute Gasteiger partial charge is 0.287 e.